The Morgan fingerprint density at radius 3 is 2.65 bits per heavy atom. The zero-order chi connectivity index (χ0) is 14.8. The van der Waals surface area contributed by atoms with Crippen LogP contribution in [0.5, 0.6) is 0 Å². The molecule has 1 aromatic rings. The van der Waals surface area contributed by atoms with Crippen LogP contribution in [0, 0.1) is 11.7 Å². The van der Waals surface area contributed by atoms with E-state index in [4.69, 9.17) is 5.73 Å². The highest BCUT2D eigenvalue weighted by atomic mass is 19.1. The minimum absolute atomic E-state index is 0.120. The molecule has 0 saturated carbocycles. The summed E-state index contributed by atoms with van der Waals surface area (Å²) < 4.78 is 13.9. The number of piperidine rings is 1. The maximum atomic E-state index is 13.9. The predicted molar refractivity (Wildman–Crippen MR) is 82.1 cm³/mol. The topological polar surface area (TPSA) is 29.3 Å². The van der Waals surface area contributed by atoms with E-state index < -0.39 is 0 Å². The van der Waals surface area contributed by atoms with Crippen molar-refractivity contribution in [2.24, 2.45) is 11.7 Å². The van der Waals surface area contributed by atoms with E-state index in [1.54, 1.807) is 6.07 Å². The molecule has 1 aliphatic rings. The van der Waals surface area contributed by atoms with Gasteiger partial charge in [0.2, 0.25) is 0 Å². The fourth-order valence-corrected chi connectivity index (χ4v) is 3.38. The van der Waals surface area contributed by atoms with Crippen LogP contribution < -0.4 is 5.73 Å². The summed E-state index contributed by atoms with van der Waals surface area (Å²) in [6.07, 6.45) is 3.15. The molecular formula is C17H27FN2. The van der Waals surface area contributed by atoms with Crippen molar-refractivity contribution < 1.29 is 4.39 Å². The summed E-state index contributed by atoms with van der Waals surface area (Å²) in [7, 11) is 0. The van der Waals surface area contributed by atoms with Crippen LogP contribution in [-0.4, -0.2) is 29.6 Å². The Morgan fingerprint density at radius 1 is 1.30 bits per heavy atom. The molecule has 2 rings (SSSR count). The summed E-state index contributed by atoms with van der Waals surface area (Å²) >= 11 is 0. The fraction of sp³-hybridized carbons (Fsp3) is 0.647. The average Bonchev–Trinajstić information content (AvgIpc) is 2.44. The first kappa shape index (κ1) is 15.5. The molecule has 3 heteroatoms. The zero-order valence-corrected chi connectivity index (χ0v) is 12.9. The third-order valence-electron chi connectivity index (χ3n) is 4.78. The number of halogens is 1. The number of likely N-dealkylation sites (tertiary alicyclic amines) is 1. The summed E-state index contributed by atoms with van der Waals surface area (Å²) in [6.45, 7) is 8.34. The fourth-order valence-electron chi connectivity index (χ4n) is 3.38. The van der Waals surface area contributed by atoms with Crippen LogP contribution in [0.4, 0.5) is 4.39 Å². The average molecular weight is 278 g/mol. The van der Waals surface area contributed by atoms with Crippen molar-refractivity contribution in [1.82, 2.24) is 4.90 Å². The SMILES string of the molecule is CC1CCC(C)N(C(C)(CN)Cc2ccccc2F)C1. The molecule has 3 unspecified atom stereocenters. The smallest absolute Gasteiger partial charge is 0.126 e. The standard InChI is InChI=1S/C17H27FN2/c1-13-8-9-14(2)20(11-13)17(3,12-19)10-15-6-4-5-7-16(15)18/h4-7,13-14H,8-12,19H2,1-3H3. The Balaban J connectivity index is 2.22. The van der Waals surface area contributed by atoms with Gasteiger partial charge in [0, 0.05) is 24.7 Å². The van der Waals surface area contributed by atoms with E-state index >= 15 is 0 Å². The van der Waals surface area contributed by atoms with Gasteiger partial charge in [-0.2, -0.15) is 0 Å². The van der Waals surface area contributed by atoms with Crippen LogP contribution in [0.3, 0.4) is 0 Å². The molecule has 1 fully saturated rings. The van der Waals surface area contributed by atoms with Gasteiger partial charge in [0.05, 0.1) is 0 Å². The minimum Gasteiger partial charge on any atom is -0.329 e. The van der Waals surface area contributed by atoms with Crippen LogP contribution in [0.1, 0.15) is 39.2 Å². The Labute approximate surface area is 122 Å². The van der Waals surface area contributed by atoms with Crippen LogP contribution in [0.15, 0.2) is 24.3 Å². The van der Waals surface area contributed by atoms with E-state index in [0.717, 1.165) is 12.1 Å². The maximum absolute atomic E-state index is 13.9. The normalized spacial score (nSPS) is 27.2. The van der Waals surface area contributed by atoms with Crippen LogP contribution >= 0.6 is 0 Å². The number of nitrogens with zero attached hydrogens (tertiary/aromatic N) is 1. The number of rotatable bonds is 4. The van der Waals surface area contributed by atoms with Gasteiger partial charge in [0.15, 0.2) is 0 Å². The Kier molecular flexibility index (Phi) is 4.82. The molecule has 2 N–H and O–H groups in total. The molecule has 112 valence electrons. The highest BCUT2D eigenvalue weighted by Crippen LogP contribution is 2.31. The molecule has 2 nitrogen and oxygen atoms in total. The first-order chi connectivity index (χ1) is 9.46. The van der Waals surface area contributed by atoms with Gasteiger partial charge in [-0.25, -0.2) is 4.39 Å². The molecule has 1 saturated heterocycles. The minimum atomic E-state index is -0.170. The van der Waals surface area contributed by atoms with E-state index in [1.807, 2.05) is 12.1 Å². The molecule has 0 amide bonds. The van der Waals surface area contributed by atoms with Gasteiger partial charge in [0.25, 0.3) is 0 Å². The van der Waals surface area contributed by atoms with Gasteiger partial charge >= 0.3 is 0 Å². The van der Waals surface area contributed by atoms with Crippen LogP contribution in [-0.2, 0) is 6.42 Å². The number of benzene rings is 1. The van der Waals surface area contributed by atoms with Crippen molar-refractivity contribution in [3.05, 3.63) is 35.6 Å². The van der Waals surface area contributed by atoms with Gasteiger partial charge in [-0.05, 0) is 50.7 Å². The molecule has 0 bridgehead atoms. The van der Waals surface area contributed by atoms with Crippen molar-refractivity contribution in [2.45, 2.75) is 51.6 Å². The molecule has 20 heavy (non-hydrogen) atoms. The Morgan fingerprint density at radius 2 is 2.00 bits per heavy atom. The maximum Gasteiger partial charge on any atom is 0.126 e. The van der Waals surface area contributed by atoms with Crippen LogP contribution in [0.25, 0.3) is 0 Å². The van der Waals surface area contributed by atoms with Gasteiger partial charge < -0.3 is 5.73 Å². The van der Waals surface area contributed by atoms with Crippen molar-refractivity contribution in [3.63, 3.8) is 0 Å². The molecule has 0 spiro atoms. The highest BCUT2D eigenvalue weighted by molar-refractivity contribution is 5.20. The lowest BCUT2D eigenvalue weighted by Gasteiger charge is -2.48. The Bertz CT molecular complexity index is 448. The van der Waals surface area contributed by atoms with Gasteiger partial charge in [-0.3, -0.25) is 4.90 Å². The van der Waals surface area contributed by atoms with Gasteiger partial charge in [-0.1, -0.05) is 25.1 Å². The molecule has 0 aliphatic carbocycles. The van der Waals surface area contributed by atoms with E-state index in [1.165, 1.54) is 18.9 Å². The molecule has 0 radical (unpaired) electrons. The monoisotopic (exact) mass is 278 g/mol. The molecule has 0 aromatic heterocycles. The third kappa shape index (κ3) is 3.21. The van der Waals surface area contributed by atoms with Gasteiger partial charge in [0.1, 0.15) is 5.82 Å². The summed E-state index contributed by atoms with van der Waals surface area (Å²) in [5.41, 5.74) is 6.68. The quantitative estimate of drug-likeness (QED) is 0.916. The van der Waals surface area contributed by atoms with E-state index in [9.17, 15) is 4.39 Å². The number of hydrogen-bond acceptors (Lipinski definition) is 2. The summed E-state index contributed by atoms with van der Waals surface area (Å²) in [6, 6.07) is 7.57. The zero-order valence-electron chi connectivity index (χ0n) is 12.9. The number of hydrogen-bond donors (Lipinski definition) is 1. The first-order valence-electron chi connectivity index (χ1n) is 7.66. The van der Waals surface area contributed by atoms with Crippen molar-refractivity contribution in [1.29, 1.82) is 0 Å². The van der Waals surface area contributed by atoms with E-state index in [-0.39, 0.29) is 11.4 Å². The largest absolute Gasteiger partial charge is 0.329 e. The predicted octanol–water partition coefficient (Wildman–Crippen LogP) is 3.21. The summed E-state index contributed by atoms with van der Waals surface area (Å²) in [5.74, 6) is 0.572. The summed E-state index contributed by atoms with van der Waals surface area (Å²) in [5, 5.41) is 0. The molecular weight excluding hydrogens is 251 g/mol. The molecule has 1 aliphatic heterocycles. The van der Waals surface area contributed by atoms with E-state index in [2.05, 4.69) is 25.7 Å². The van der Waals surface area contributed by atoms with E-state index in [0.29, 0.717) is 24.9 Å². The second-order valence-corrected chi connectivity index (χ2v) is 6.65. The highest BCUT2D eigenvalue weighted by Gasteiger charge is 2.37. The summed E-state index contributed by atoms with van der Waals surface area (Å²) in [4.78, 5) is 2.49. The molecule has 1 aromatic carbocycles. The second-order valence-electron chi connectivity index (χ2n) is 6.65. The van der Waals surface area contributed by atoms with Crippen molar-refractivity contribution in [2.75, 3.05) is 13.1 Å². The Hall–Kier alpha value is -0.930. The van der Waals surface area contributed by atoms with Crippen molar-refractivity contribution in [3.8, 4) is 0 Å². The lowest BCUT2D eigenvalue weighted by atomic mass is 9.84. The molecule has 1 heterocycles. The third-order valence-corrected chi connectivity index (χ3v) is 4.78. The number of nitrogens with two attached hydrogens (primary N) is 1. The first-order valence-corrected chi connectivity index (χ1v) is 7.66. The molecule has 3 atom stereocenters. The lowest BCUT2D eigenvalue weighted by molar-refractivity contribution is 0.0206. The van der Waals surface area contributed by atoms with Crippen molar-refractivity contribution >= 4 is 0 Å². The van der Waals surface area contributed by atoms with Crippen LogP contribution in [0.2, 0.25) is 0 Å². The second kappa shape index (κ2) is 6.23. The van der Waals surface area contributed by atoms with Gasteiger partial charge in [-0.15, -0.1) is 0 Å². The lowest BCUT2D eigenvalue weighted by Crippen LogP contribution is -2.59.